The summed E-state index contributed by atoms with van der Waals surface area (Å²) in [7, 11) is 0. The molecule has 32 heavy (non-hydrogen) atoms. The number of ether oxygens (including phenoxy) is 3. The van der Waals surface area contributed by atoms with Crippen molar-refractivity contribution in [2.75, 3.05) is 19.8 Å². The number of esters is 1. The Kier molecular flexibility index (Phi) is 10.1. The highest BCUT2D eigenvalue weighted by molar-refractivity contribution is 5.70. The van der Waals surface area contributed by atoms with E-state index in [1.54, 1.807) is 0 Å². The van der Waals surface area contributed by atoms with Gasteiger partial charge in [-0.25, -0.2) is 4.79 Å². The lowest BCUT2D eigenvalue weighted by atomic mass is 9.89. The zero-order valence-electron chi connectivity index (χ0n) is 19.6. The first kappa shape index (κ1) is 25.2. The molecule has 0 spiro atoms. The average Bonchev–Trinajstić information content (AvgIpc) is 2.74. The molecule has 6 nitrogen and oxygen atoms in total. The highest BCUT2D eigenvalue weighted by Crippen LogP contribution is 2.26. The van der Waals surface area contributed by atoms with E-state index in [9.17, 15) is 9.59 Å². The zero-order valence-corrected chi connectivity index (χ0v) is 19.6. The van der Waals surface area contributed by atoms with E-state index < -0.39 is 11.7 Å². The SMILES string of the molecule is CCOC(=O)C[C@H](Cc1ccc(OCCCNC(=O)OC(C)(C)C)cc1)c1ccccc1. The Labute approximate surface area is 191 Å². The molecular weight excluding hydrogens is 406 g/mol. The van der Waals surface area contributed by atoms with Gasteiger partial charge in [0.15, 0.2) is 0 Å². The number of hydrogen-bond donors (Lipinski definition) is 1. The molecule has 0 aromatic heterocycles. The topological polar surface area (TPSA) is 73.9 Å². The third-order valence-corrected chi connectivity index (χ3v) is 4.65. The van der Waals surface area contributed by atoms with E-state index in [0.717, 1.165) is 23.3 Å². The molecule has 0 bridgehead atoms. The van der Waals surface area contributed by atoms with Crippen LogP contribution in [0.25, 0.3) is 0 Å². The van der Waals surface area contributed by atoms with Crippen LogP contribution < -0.4 is 10.1 Å². The molecule has 2 rings (SSSR count). The number of alkyl carbamates (subject to hydrolysis) is 1. The van der Waals surface area contributed by atoms with Gasteiger partial charge in [-0.1, -0.05) is 42.5 Å². The third kappa shape index (κ3) is 9.86. The second-order valence-corrected chi connectivity index (χ2v) is 8.60. The first-order valence-electron chi connectivity index (χ1n) is 11.2. The van der Waals surface area contributed by atoms with E-state index in [0.29, 0.717) is 32.6 Å². The monoisotopic (exact) mass is 441 g/mol. The van der Waals surface area contributed by atoms with Crippen molar-refractivity contribution < 1.29 is 23.8 Å². The number of hydrogen-bond acceptors (Lipinski definition) is 5. The van der Waals surface area contributed by atoms with Crippen LogP contribution in [-0.2, 0) is 20.7 Å². The minimum atomic E-state index is -0.502. The highest BCUT2D eigenvalue weighted by atomic mass is 16.6. The van der Waals surface area contributed by atoms with Crippen molar-refractivity contribution in [2.45, 2.75) is 58.5 Å². The molecule has 1 atom stereocenters. The molecule has 0 fully saturated rings. The first-order chi connectivity index (χ1) is 15.3. The van der Waals surface area contributed by atoms with E-state index in [-0.39, 0.29) is 11.9 Å². The lowest BCUT2D eigenvalue weighted by Gasteiger charge is -2.19. The Morgan fingerprint density at radius 3 is 2.31 bits per heavy atom. The minimum Gasteiger partial charge on any atom is -0.494 e. The molecule has 0 unspecified atom stereocenters. The Morgan fingerprint density at radius 2 is 1.69 bits per heavy atom. The summed E-state index contributed by atoms with van der Waals surface area (Å²) in [5, 5.41) is 2.72. The van der Waals surface area contributed by atoms with Gasteiger partial charge < -0.3 is 19.5 Å². The summed E-state index contributed by atoms with van der Waals surface area (Å²) in [5.41, 5.74) is 1.75. The van der Waals surface area contributed by atoms with Crippen LogP contribution in [0.3, 0.4) is 0 Å². The molecule has 1 amide bonds. The fourth-order valence-electron chi connectivity index (χ4n) is 3.23. The van der Waals surface area contributed by atoms with Crippen molar-refractivity contribution in [1.82, 2.24) is 5.32 Å². The molecule has 0 saturated heterocycles. The Balaban J connectivity index is 1.82. The summed E-state index contributed by atoms with van der Waals surface area (Å²) < 4.78 is 16.1. The lowest BCUT2D eigenvalue weighted by Crippen LogP contribution is -2.33. The molecular formula is C26H35NO5. The molecule has 0 heterocycles. The number of benzene rings is 2. The average molecular weight is 442 g/mol. The van der Waals surface area contributed by atoms with E-state index in [1.807, 2.05) is 82.3 Å². The van der Waals surface area contributed by atoms with Gasteiger partial charge in [-0.05, 0) is 69.7 Å². The Bertz CT molecular complexity index is 828. The lowest BCUT2D eigenvalue weighted by molar-refractivity contribution is -0.143. The van der Waals surface area contributed by atoms with Gasteiger partial charge in [-0.2, -0.15) is 0 Å². The van der Waals surface area contributed by atoms with Crippen LogP contribution in [-0.4, -0.2) is 37.4 Å². The summed E-state index contributed by atoms with van der Waals surface area (Å²) in [5.74, 6) is 0.648. The summed E-state index contributed by atoms with van der Waals surface area (Å²) in [6, 6.07) is 18.0. The van der Waals surface area contributed by atoms with Gasteiger partial charge in [0.25, 0.3) is 0 Å². The minimum absolute atomic E-state index is 0.0564. The summed E-state index contributed by atoms with van der Waals surface area (Å²) in [6.45, 7) is 8.68. The zero-order chi connectivity index (χ0) is 23.4. The van der Waals surface area contributed by atoms with Crippen LogP contribution in [0.15, 0.2) is 54.6 Å². The maximum absolute atomic E-state index is 12.1. The quantitative estimate of drug-likeness (QED) is 0.380. The van der Waals surface area contributed by atoms with E-state index >= 15 is 0 Å². The second-order valence-electron chi connectivity index (χ2n) is 8.60. The standard InChI is InChI=1S/C26H35NO5/c1-5-30-24(28)19-22(21-10-7-6-8-11-21)18-20-12-14-23(15-13-20)31-17-9-16-27-25(29)32-26(2,3)4/h6-8,10-15,22H,5,9,16-19H2,1-4H3,(H,27,29)/t22-/m0/s1. The van der Waals surface area contributed by atoms with Gasteiger partial charge in [0.1, 0.15) is 11.4 Å². The predicted molar refractivity (Wildman–Crippen MR) is 125 cm³/mol. The van der Waals surface area contributed by atoms with Gasteiger partial charge in [0, 0.05) is 6.54 Å². The van der Waals surface area contributed by atoms with E-state index in [2.05, 4.69) is 5.32 Å². The van der Waals surface area contributed by atoms with E-state index in [1.165, 1.54) is 0 Å². The maximum Gasteiger partial charge on any atom is 0.407 e. The van der Waals surface area contributed by atoms with Gasteiger partial charge in [-0.15, -0.1) is 0 Å². The number of nitrogens with one attached hydrogen (secondary N) is 1. The molecule has 6 heteroatoms. The molecule has 0 aliphatic rings. The summed E-state index contributed by atoms with van der Waals surface area (Å²) in [6.07, 6.45) is 1.35. The fourth-order valence-corrected chi connectivity index (χ4v) is 3.23. The molecule has 0 radical (unpaired) electrons. The number of carbonyl (C=O) groups is 2. The first-order valence-corrected chi connectivity index (χ1v) is 11.2. The Hall–Kier alpha value is -3.02. The molecule has 0 saturated carbocycles. The summed E-state index contributed by atoms with van der Waals surface area (Å²) in [4.78, 5) is 23.7. The van der Waals surface area contributed by atoms with Crippen LogP contribution in [0.1, 0.15) is 57.6 Å². The van der Waals surface area contributed by atoms with E-state index in [4.69, 9.17) is 14.2 Å². The van der Waals surface area contributed by atoms with Gasteiger partial charge in [-0.3, -0.25) is 4.79 Å². The van der Waals surface area contributed by atoms with Crippen molar-refractivity contribution in [3.8, 4) is 5.75 Å². The van der Waals surface area contributed by atoms with Crippen molar-refractivity contribution >= 4 is 12.1 Å². The van der Waals surface area contributed by atoms with Crippen molar-refractivity contribution in [3.63, 3.8) is 0 Å². The third-order valence-electron chi connectivity index (χ3n) is 4.65. The molecule has 1 N–H and O–H groups in total. The predicted octanol–water partition coefficient (Wildman–Crippen LogP) is 5.26. The van der Waals surface area contributed by atoms with Crippen molar-refractivity contribution in [2.24, 2.45) is 0 Å². The normalized spacial score (nSPS) is 12.0. The van der Waals surface area contributed by atoms with Crippen LogP contribution in [0.5, 0.6) is 5.75 Å². The summed E-state index contributed by atoms with van der Waals surface area (Å²) >= 11 is 0. The smallest absolute Gasteiger partial charge is 0.407 e. The van der Waals surface area contributed by atoms with Gasteiger partial charge in [0.2, 0.25) is 0 Å². The largest absolute Gasteiger partial charge is 0.494 e. The van der Waals surface area contributed by atoms with Crippen molar-refractivity contribution in [3.05, 3.63) is 65.7 Å². The number of rotatable bonds is 11. The molecule has 0 aliphatic heterocycles. The highest BCUT2D eigenvalue weighted by Gasteiger charge is 2.18. The van der Waals surface area contributed by atoms with Gasteiger partial charge >= 0.3 is 12.1 Å². The van der Waals surface area contributed by atoms with Crippen LogP contribution in [0, 0.1) is 0 Å². The maximum atomic E-state index is 12.1. The Morgan fingerprint density at radius 1 is 1.00 bits per heavy atom. The van der Waals surface area contributed by atoms with Crippen LogP contribution in [0.4, 0.5) is 4.79 Å². The second kappa shape index (κ2) is 12.7. The molecule has 2 aromatic carbocycles. The van der Waals surface area contributed by atoms with Crippen molar-refractivity contribution in [1.29, 1.82) is 0 Å². The van der Waals surface area contributed by atoms with Crippen LogP contribution in [0.2, 0.25) is 0 Å². The van der Waals surface area contributed by atoms with Crippen LogP contribution >= 0.6 is 0 Å². The molecule has 174 valence electrons. The number of carbonyl (C=O) groups excluding carboxylic acids is 2. The molecule has 2 aromatic rings. The molecule has 0 aliphatic carbocycles. The fraction of sp³-hybridized carbons (Fsp3) is 0.462. The van der Waals surface area contributed by atoms with Gasteiger partial charge in [0.05, 0.1) is 19.6 Å². The number of amides is 1.